The number of fused-ring (bicyclic) bond motifs is 1. The fraction of sp³-hybridized carbons (Fsp3) is 0.130. The first-order chi connectivity index (χ1) is 15.2. The molecule has 32 heavy (non-hydrogen) atoms. The molecule has 0 unspecified atom stereocenters. The second-order valence-electron chi connectivity index (χ2n) is 7.45. The van der Waals surface area contributed by atoms with E-state index in [0.717, 1.165) is 5.52 Å². The number of anilines is 2. The third kappa shape index (κ3) is 3.78. The number of imidazole rings is 1. The number of amides is 1. The van der Waals surface area contributed by atoms with E-state index in [1.54, 1.807) is 75.6 Å². The number of nitrogens with one attached hydrogen (secondary N) is 2. The van der Waals surface area contributed by atoms with Gasteiger partial charge in [-0.15, -0.1) is 0 Å². The Hall–Kier alpha value is -3.85. The number of aryl methyl sites for hydroxylation is 2. The maximum atomic E-state index is 13.0. The molecule has 2 N–H and O–H groups in total. The van der Waals surface area contributed by atoms with Crippen molar-refractivity contribution < 1.29 is 13.2 Å². The van der Waals surface area contributed by atoms with Crippen LogP contribution in [0.3, 0.4) is 0 Å². The van der Waals surface area contributed by atoms with Gasteiger partial charge in [0.15, 0.2) is 0 Å². The molecule has 0 aliphatic rings. The van der Waals surface area contributed by atoms with Gasteiger partial charge < -0.3 is 5.32 Å². The smallest absolute Gasteiger partial charge is 0.322 e. The second kappa shape index (κ2) is 8.01. The third-order valence-electron chi connectivity index (χ3n) is 5.41. The van der Waals surface area contributed by atoms with Crippen LogP contribution in [-0.4, -0.2) is 23.5 Å². The predicted molar refractivity (Wildman–Crippen MR) is 125 cm³/mol. The number of hydrogen-bond donors (Lipinski definition) is 2. The molecule has 0 aliphatic carbocycles. The van der Waals surface area contributed by atoms with E-state index in [-0.39, 0.29) is 16.5 Å². The lowest BCUT2D eigenvalue weighted by Gasteiger charge is -2.14. The number of carbonyl (C=O) groups excluding carboxylic acids is 1. The molecule has 164 valence electrons. The summed E-state index contributed by atoms with van der Waals surface area (Å²) in [5.74, 6) is -0.386. The lowest BCUT2D eigenvalue weighted by Crippen LogP contribution is -2.19. The van der Waals surface area contributed by atoms with E-state index in [1.165, 1.54) is 21.3 Å². The van der Waals surface area contributed by atoms with Crippen LogP contribution in [0.1, 0.15) is 15.9 Å². The average molecular weight is 451 g/mol. The Morgan fingerprint density at radius 1 is 0.875 bits per heavy atom. The van der Waals surface area contributed by atoms with Crippen LogP contribution in [-0.2, 0) is 24.1 Å². The summed E-state index contributed by atoms with van der Waals surface area (Å²) in [5.41, 5.74) is 2.97. The molecule has 8 nitrogen and oxygen atoms in total. The van der Waals surface area contributed by atoms with Crippen molar-refractivity contribution in [2.45, 2.75) is 11.8 Å². The quantitative estimate of drug-likeness (QED) is 0.487. The van der Waals surface area contributed by atoms with Gasteiger partial charge in [-0.05, 0) is 55.0 Å². The molecule has 0 spiro atoms. The summed E-state index contributed by atoms with van der Waals surface area (Å²) in [6.45, 7) is 1.68. The van der Waals surface area contributed by atoms with Gasteiger partial charge in [0.25, 0.3) is 15.9 Å². The first-order valence-electron chi connectivity index (χ1n) is 9.83. The minimum absolute atomic E-state index is 0.135. The third-order valence-corrected chi connectivity index (χ3v) is 6.79. The molecule has 3 aromatic carbocycles. The van der Waals surface area contributed by atoms with Crippen molar-refractivity contribution in [2.75, 3.05) is 10.0 Å². The van der Waals surface area contributed by atoms with Crippen LogP contribution < -0.4 is 15.7 Å². The highest BCUT2D eigenvalue weighted by molar-refractivity contribution is 7.92. The van der Waals surface area contributed by atoms with Crippen molar-refractivity contribution in [1.82, 2.24) is 9.13 Å². The molecule has 4 aromatic rings. The Labute approximate surface area is 185 Å². The van der Waals surface area contributed by atoms with Crippen LogP contribution in [0.25, 0.3) is 11.0 Å². The summed E-state index contributed by atoms with van der Waals surface area (Å²) in [5, 5.41) is 2.83. The minimum atomic E-state index is -3.78. The highest BCUT2D eigenvalue weighted by Crippen LogP contribution is 2.24. The zero-order valence-electron chi connectivity index (χ0n) is 17.8. The summed E-state index contributed by atoms with van der Waals surface area (Å²) in [4.78, 5) is 25.2. The van der Waals surface area contributed by atoms with Crippen LogP contribution in [0.4, 0.5) is 11.4 Å². The summed E-state index contributed by atoms with van der Waals surface area (Å²) >= 11 is 0. The maximum Gasteiger partial charge on any atom is 0.328 e. The van der Waals surface area contributed by atoms with Gasteiger partial charge in [0.1, 0.15) is 0 Å². The second-order valence-corrected chi connectivity index (χ2v) is 9.14. The number of aromatic nitrogens is 2. The molecule has 1 aromatic heterocycles. The van der Waals surface area contributed by atoms with E-state index in [0.29, 0.717) is 28.0 Å². The van der Waals surface area contributed by atoms with Gasteiger partial charge in [-0.25, -0.2) is 13.2 Å². The Kier molecular flexibility index (Phi) is 5.35. The molecule has 0 saturated heterocycles. The van der Waals surface area contributed by atoms with Crippen molar-refractivity contribution in [2.24, 2.45) is 14.1 Å². The molecule has 9 heteroatoms. The van der Waals surface area contributed by atoms with Gasteiger partial charge in [-0.1, -0.05) is 24.3 Å². The first-order valence-corrected chi connectivity index (χ1v) is 11.3. The molecular formula is C23H22N4O4S. The van der Waals surface area contributed by atoms with Crippen molar-refractivity contribution in [3.8, 4) is 0 Å². The Morgan fingerprint density at radius 3 is 2.28 bits per heavy atom. The van der Waals surface area contributed by atoms with Gasteiger partial charge in [0.2, 0.25) is 0 Å². The fourth-order valence-corrected chi connectivity index (χ4v) is 4.72. The number of benzene rings is 3. The van der Waals surface area contributed by atoms with Gasteiger partial charge >= 0.3 is 5.69 Å². The van der Waals surface area contributed by atoms with E-state index in [2.05, 4.69) is 10.0 Å². The summed E-state index contributed by atoms with van der Waals surface area (Å²) in [6.07, 6.45) is 0. The Bertz CT molecular complexity index is 1500. The van der Waals surface area contributed by atoms with E-state index in [1.807, 2.05) is 0 Å². The number of sulfonamides is 1. The van der Waals surface area contributed by atoms with Crippen LogP contribution in [0.15, 0.2) is 76.4 Å². The normalized spacial score (nSPS) is 11.5. The topological polar surface area (TPSA) is 102 Å². The summed E-state index contributed by atoms with van der Waals surface area (Å²) in [7, 11) is -0.426. The monoisotopic (exact) mass is 450 g/mol. The molecule has 0 fully saturated rings. The molecule has 4 rings (SSSR count). The summed E-state index contributed by atoms with van der Waals surface area (Å²) < 4.78 is 30.9. The van der Waals surface area contributed by atoms with E-state index >= 15 is 0 Å². The number of nitrogens with zero attached hydrogens (tertiary/aromatic N) is 2. The molecular weight excluding hydrogens is 428 g/mol. The zero-order chi connectivity index (χ0) is 23.0. The number of rotatable bonds is 5. The van der Waals surface area contributed by atoms with Crippen LogP contribution in [0.5, 0.6) is 0 Å². The first kappa shape index (κ1) is 21.4. The molecule has 0 atom stereocenters. The molecule has 0 saturated carbocycles. The van der Waals surface area contributed by atoms with Crippen molar-refractivity contribution in [1.29, 1.82) is 0 Å². The largest absolute Gasteiger partial charge is 0.328 e. The average Bonchev–Trinajstić information content (AvgIpc) is 2.99. The maximum absolute atomic E-state index is 13.0. The highest BCUT2D eigenvalue weighted by Gasteiger charge is 2.18. The van der Waals surface area contributed by atoms with Crippen molar-refractivity contribution >= 4 is 38.3 Å². The van der Waals surface area contributed by atoms with E-state index in [4.69, 9.17) is 0 Å². The highest BCUT2D eigenvalue weighted by atomic mass is 32.2. The molecule has 1 heterocycles. The fourth-order valence-electron chi connectivity index (χ4n) is 3.58. The number of carbonyl (C=O) groups is 1. The molecule has 0 radical (unpaired) electrons. The minimum Gasteiger partial charge on any atom is -0.322 e. The van der Waals surface area contributed by atoms with Crippen LogP contribution in [0, 0.1) is 6.92 Å². The molecule has 1 amide bonds. The van der Waals surface area contributed by atoms with E-state index < -0.39 is 10.0 Å². The van der Waals surface area contributed by atoms with Crippen molar-refractivity contribution in [3.05, 3.63) is 88.3 Å². The lowest BCUT2D eigenvalue weighted by molar-refractivity contribution is 0.102. The van der Waals surface area contributed by atoms with E-state index in [9.17, 15) is 18.0 Å². The molecule has 0 bridgehead atoms. The van der Waals surface area contributed by atoms with Crippen LogP contribution >= 0.6 is 0 Å². The zero-order valence-corrected chi connectivity index (χ0v) is 18.6. The Morgan fingerprint density at radius 2 is 1.56 bits per heavy atom. The summed E-state index contributed by atoms with van der Waals surface area (Å²) in [6, 6.07) is 18.1. The Balaban J connectivity index is 1.62. The SMILES string of the molecule is Cc1c(NS(=O)(=O)c2ccccc2)cccc1C(=O)Nc1ccc2c(c1)n(C)c(=O)n2C. The lowest BCUT2D eigenvalue weighted by atomic mass is 10.1. The molecule has 0 aliphatic heterocycles. The van der Waals surface area contributed by atoms with Crippen LogP contribution in [0.2, 0.25) is 0 Å². The van der Waals surface area contributed by atoms with Gasteiger partial charge in [0, 0.05) is 25.3 Å². The standard InChI is InChI=1S/C23H22N4O4S/c1-15-18(10-7-11-19(15)25-32(30,31)17-8-5-4-6-9-17)22(28)24-16-12-13-20-21(14-16)27(3)23(29)26(20)2/h4-14,25H,1-3H3,(H,24,28). The number of hydrogen-bond acceptors (Lipinski definition) is 4. The predicted octanol–water partition coefficient (Wildman–Crippen LogP) is 3.24. The van der Waals surface area contributed by atoms with Gasteiger partial charge in [-0.2, -0.15) is 0 Å². The van der Waals surface area contributed by atoms with Crippen molar-refractivity contribution in [3.63, 3.8) is 0 Å². The van der Waals surface area contributed by atoms with Gasteiger partial charge in [0.05, 0.1) is 21.6 Å². The van der Waals surface area contributed by atoms with Gasteiger partial charge in [-0.3, -0.25) is 18.7 Å².